The molecular formula is C9H20O8. The average molecular weight is 256 g/mol. The summed E-state index contributed by atoms with van der Waals surface area (Å²) in [4.78, 5) is 0. The fourth-order valence-electron chi connectivity index (χ4n) is 0.874. The van der Waals surface area contributed by atoms with E-state index in [1.54, 1.807) is 0 Å². The molecule has 6 N–H and O–H groups in total. The Morgan fingerprint density at radius 2 is 1.12 bits per heavy atom. The van der Waals surface area contributed by atoms with Gasteiger partial charge in [-0.3, -0.25) is 0 Å². The molecule has 0 rings (SSSR count). The average Bonchev–Trinajstić information content (AvgIpc) is 2.36. The van der Waals surface area contributed by atoms with E-state index in [0.717, 1.165) is 0 Å². The van der Waals surface area contributed by atoms with Crippen LogP contribution in [0.1, 0.15) is 0 Å². The molecule has 17 heavy (non-hydrogen) atoms. The maximum absolute atomic E-state index is 9.30. The van der Waals surface area contributed by atoms with Crippen molar-refractivity contribution in [1.82, 2.24) is 0 Å². The van der Waals surface area contributed by atoms with E-state index in [4.69, 9.17) is 35.0 Å². The molecule has 0 aliphatic rings. The van der Waals surface area contributed by atoms with Gasteiger partial charge in [0.25, 0.3) is 0 Å². The molecule has 3 atom stereocenters. The lowest BCUT2D eigenvalue weighted by molar-refractivity contribution is -0.221. The van der Waals surface area contributed by atoms with E-state index in [1.165, 1.54) is 0 Å². The third-order valence-corrected chi connectivity index (χ3v) is 1.83. The van der Waals surface area contributed by atoms with Crippen molar-refractivity contribution in [2.24, 2.45) is 0 Å². The predicted octanol–water partition coefficient (Wildman–Crippen LogP) is -3.59. The van der Waals surface area contributed by atoms with Crippen LogP contribution in [-0.2, 0) is 9.47 Å². The van der Waals surface area contributed by atoms with Crippen LogP contribution in [0.2, 0.25) is 0 Å². The van der Waals surface area contributed by atoms with Gasteiger partial charge in [0.15, 0.2) is 6.29 Å². The first-order chi connectivity index (χ1) is 8.04. The smallest absolute Gasteiger partial charge is 0.185 e. The van der Waals surface area contributed by atoms with Crippen molar-refractivity contribution in [3.05, 3.63) is 0 Å². The second-order valence-electron chi connectivity index (χ2n) is 3.46. The van der Waals surface area contributed by atoms with Crippen molar-refractivity contribution in [3.8, 4) is 0 Å². The van der Waals surface area contributed by atoms with Gasteiger partial charge in [0.05, 0.1) is 33.0 Å². The number of aliphatic hydroxyl groups is 6. The Morgan fingerprint density at radius 3 is 1.41 bits per heavy atom. The summed E-state index contributed by atoms with van der Waals surface area (Å²) in [5.41, 5.74) is 0. The zero-order valence-corrected chi connectivity index (χ0v) is 9.34. The summed E-state index contributed by atoms with van der Waals surface area (Å²) < 4.78 is 9.81. The summed E-state index contributed by atoms with van der Waals surface area (Å²) in [7, 11) is 0. The van der Waals surface area contributed by atoms with Crippen LogP contribution < -0.4 is 0 Å². The van der Waals surface area contributed by atoms with E-state index in [9.17, 15) is 5.11 Å². The Bertz CT molecular complexity index is 164. The van der Waals surface area contributed by atoms with E-state index in [-0.39, 0.29) is 13.2 Å². The van der Waals surface area contributed by atoms with Crippen LogP contribution >= 0.6 is 0 Å². The molecule has 0 fully saturated rings. The molecule has 0 aliphatic heterocycles. The molecule has 0 aliphatic carbocycles. The molecule has 0 saturated carbocycles. The molecule has 8 nitrogen and oxygen atoms in total. The highest BCUT2D eigenvalue weighted by atomic mass is 16.7. The van der Waals surface area contributed by atoms with Gasteiger partial charge < -0.3 is 40.1 Å². The summed E-state index contributed by atoms with van der Waals surface area (Å²) >= 11 is 0. The number of hydrogen-bond acceptors (Lipinski definition) is 8. The molecule has 0 aromatic rings. The van der Waals surface area contributed by atoms with E-state index in [2.05, 4.69) is 0 Å². The molecule has 3 unspecified atom stereocenters. The second-order valence-corrected chi connectivity index (χ2v) is 3.46. The van der Waals surface area contributed by atoms with Gasteiger partial charge in [-0.1, -0.05) is 0 Å². The summed E-state index contributed by atoms with van der Waals surface area (Å²) in [6, 6.07) is 0. The minimum atomic E-state index is -1.35. The van der Waals surface area contributed by atoms with Gasteiger partial charge in [-0.05, 0) is 0 Å². The van der Waals surface area contributed by atoms with Gasteiger partial charge in [-0.25, -0.2) is 0 Å². The van der Waals surface area contributed by atoms with Crippen LogP contribution in [0.15, 0.2) is 0 Å². The molecule has 104 valence electrons. The van der Waals surface area contributed by atoms with E-state index in [0.29, 0.717) is 0 Å². The molecule has 0 saturated heterocycles. The highest BCUT2D eigenvalue weighted by Gasteiger charge is 2.22. The first kappa shape index (κ1) is 16.7. The SMILES string of the molecule is OCC(O)COC(OCC(O)CO)C(O)CO. The second kappa shape index (κ2) is 9.68. The van der Waals surface area contributed by atoms with Crippen LogP contribution in [0.5, 0.6) is 0 Å². The minimum Gasteiger partial charge on any atom is -0.394 e. The summed E-state index contributed by atoms with van der Waals surface area (Å²) in [6.45, 7) is -2.25. The van der Waals surface area contributed by atoms with Crippen molar-refractivity contribution in [2.45, 2.75) is 24.6 Å². The molecule has 0 amide bonds. The van der Waals surface area contributed by atoms with E-state index >= 15 is 0 Å². The zero-order valence-electron chi connectivity index (χ0n) is 9.34. The van der Waals surface area contributed by atoms with Crippen LogP contribution in [0.3, 0.4) is 0 Å². The number of aliphatic hydroxyl groups excluding tert-OH is 6. The van der Waals surface area contributed by atoms with E-state index in [1.807, 2.05) is 0 Å². The number of hydrogen-bond donors (Lipinski definition) is 6. The highest BCUT2D eigenvalue weighted by molar-refractivity contribution is 4.62. The Balaban J connectivity index is 4.05. The summed E-state index contributed by atoms with van der Waals surface area (Å²) in [6.07, 6.45) is -4.88. The van der Waals surface area contributed by atoms with Crippen LogP contribution in [0, 0.1) is 0 Å². The van der Waals surface area contributed by atoms with Crippen molar-refractivity contribution >= 4 is 0 Å². The fourth-order valence-corrected chi connectivity index (χ4v) is 0.874. The van der Waals surface area contributed by atoms with Crippen LogP contribution in [0.25, 0.3) is 0 Å². The minimum absolute atomic E-state index is 0.298. The molecule has 0 spiro atoms. The van der Waals surface area contributed by atoms with Gasteiger partial charge in [-0.15, -0.1) is 0 Å². The molecule has 8 heteroatoms. The molecular weight excluding hydrogens is 236 g/mol. The Labute approximate surface area is 98.7 Å². The quantitative estimate of drug-likeness (QED) is 0.220. The first-order valence-corrected chi connectivity index (χ1v) is 5.15. The van der Waals surface area contributed by atoms with Crippen molar-refractivity contribution in [2.75, 3.05) is 33.0 Å². The van der Waals surface area contributed by atoms with Crippen molar-refractivity contribution in [3.63, 3.8) is 0 Å². The highest BCUT2D eigenvalue weighted by Crippen LogP contribution is 2.04. The standard InChI is InChI=1S/C9H20O8/c10-1-6(13)4-16-9(8(15)3-12)17-5-7(14)2-11/h6-15H,1-5H2. The van der Waals surface area contributed by atoms with Crippen molar-refractivity contribution < 1.29 is 40.1 Å². The zero-order chi connectivity index (χ0) is 13.3. The normalized spacial score (nSPS) is 18.7. The molecule has 0 radical (unpaired) electrons. The van der Waals surface area contributed by atoms with Gasteiger partial charge in [0, 0.05) is 0 Å². The van der Waals surface area contributed by atoms with Gasteiger partial charge >= 0.3 is 0 Å². The monoisotopic (exact) mass is 256 g/mol. The third-order valence-electron chi connectivity index (χ3n) is 1.83. The Hall–Kier alpha value is -0.320. The third kappa shape index (κ3) is 7.58. The molecule has 0 aromatic carbocycles. The number of rotatable bonds is 10. The Kier molecular flexibility index (Phi) is 9.50. The fraction of sp³-hybridized carbons (Fsp3) is 1.00. The molecule has 0 bridgehead atoms. The maximum Gasteiger partial charge on any atom is 0.185 e. The van der Waals surface area contributed by atoms with E-state index < -0.39 is 44.4 Å². The van der Waals surface area contributed by atoms with Gasteiger partial charge in [-0.2, -0.15) is 0 Å². The number of ether oxygens (including phenoxy) is 2. The lowest BCUT2D eigenvalue weighted by Crippen LogP contribution is -2.39. The van der Waals surface area contributed by atoms with Crippen LogP contribution in [0.4, 0.5) is 0 Å². The van der Waals surface area contributed by atoms with Crippen LogP contribution in [-0.4, -0.2) is 88.3 Å². The molecule has 0 aromatic heterocycles. The predicted molar refractivity (Wildman–Crippen MR) is 55.0 cm³/mol. The summed E-state index contributed by atoms with van der Waals surface area (Å²) in [5, 5.41) is 53.1. The topological polar surface area (TPSA) is 140 Å². The Morgan fingerprint density at radius 1 is 0.706 bits per heavy atom. The summed E-state index contributed by atoms with van der Waals surface area (Å²) in [5.74, 6) is 0. The lowest BCUT2D eigenvalue weighted by atomic mass is 10.3. The van der Waals surface area contributed by atoms with Gasteiger partial charge in [0.1, 0.15) is 18.3 Å². The lowest BCUT2D eigenvalue weighted by Gasteiger charge is -2.24. The molecule has 0 heterocycles. The van der Waals surface area contributed by atoms with Gasteiger partial charge in [0.2, 0.25) is 0 Å². The first-order valence-electron chi connectivity index (χ1n) is 5.15. The van der Waals surface area contributed by atoms with Crippen molar-refractivity contribution in [1.29, 1.82) is 0 Å². The largest absolute Gasteiger partial charge is 0.394 e. The maximum atomic E-state index is 9.30.